The number of hydrogen-bond acceptors (Lipinski definition) is 3. The van der Waals surface area contributed by atoms with Crippen molar-refractivity contribution >= 4 is 47.2 Å². The molecule has 0 unspecified atom stereocenters. The van der Waals surface area contributed by atoms with Crippen molar-refractivity contribution in [2.24, 2.45) is 0 Å². The number of nitrogens with zero attached hydrogens (tertiary/aromatic N) is 1. The summed E-state index contributed by atoms with van der Waals surface area (Å²) < 4.78 is 30.4. The Kier molecular flexibility index (Phi) is 19.6. The minimum Gasteiger partial charge on any atom is -0.368 e. The van der Waals surface area contributed by atoms with Crippen LogP contribution in [0.25, 0.3) is 0 Å². The summed E-state index contributed by atoms with van der Waals surface area (Å²) in [5.41, 5.74) is 0. The van der Waals surface area contributed by atoms with E-state index in [4.69, 9.17) is 4.55 Å². The van der Waals surface area contributed by atoms with E-state index in [2.05, 4.69) is 139 Å². The maximum atomic E-state index is 10.8. The first-order valence-electron chi connectivity index (χ1n) is 19.1. The monoisotopic (exact) mass is 743 g/mol. The Labute approximate surface area is 312 Å². The maximum Gasteiger partial charge on any atom is 0.264 e. The second-order valence-electron chi connectivity index (χ2n) is 13.5. The molecule has 0 saturated heterocycles. The van der Waals surface area contributed by atoms with E-state index >= 15 is 0 Å². The van der Waals surface area contributed by atoms with E-state index < -0.39 is 26.0 Å². The molecule has 4 rings (SSSR count). The quantitative estimate of drug-likeness (QED) is 0.0395. The zero-order valence-electron chi connectivity index (χ0n) is 30.4. The van der Waals surface area contributed by atoms with Crippen molar-refractivity contribution in [1.82, 2.24) is 4.90 Å². The van der Waals surface area contributed by atoms with Gasteiger partial charge in [0.05, 0.1) is 5.75 Å². The van der Waals surface area contributed by atoms with Crippen LogP contribution in [-0.4, -0.2) is 36.2 Å². The molecule has 51 heavy (non-hydrogen) atoms. The molecule has 1 N–H and O–H groups in total. The van der Waals surface area contributed by atoms with E-state index in [9.17, 15) is 8.42 Å². The highest BCUT2D eigenvalue weighted by atomic mass is 32.2. The fraction of sp³-hybridized carbons (Fsp3) is 0.409. The van der Waals surface area contributed by atoms with Crippen molar-refractivity contribution in [1.29, 1.82) is 0 Å². The van der Waals surface area contributed by atoms with Gasteiger partial charge in [-0.15, -0.1) is 0 Å². The summed E-state index contributed by atoms with van der Waals surface area (Å²) in [5, 5.41) is 5.69. The Hall–Kier alpha value is -2.81. The average Bonchev–Trinajstić information content (AvgIpc) is 3.16. The predicted octanol–water partition coefficient (Wildman–Crippen LogP) is 10.7. The number of unbranched alkanes of at least 4 members (excludes halogenated alkanes) is 14. The predicted molar refractivity (Wildman–Crippen MR) is 225 cm³/mol. The molecule has 0 aromatic heterocycles. The molecule has 0 aliphatic rings. The molecule has 0 amide bonds. The van der Waals surface area contributed by atoms with Crippen molar-refractivity contribution in [3.63, 3.8) is 0 Å². The van der Waals surface area contributed by atoms with Gasteiger partial charge >= 0.3 is 0 Å². The van der Waals surface area contributed by atoms with Gasteiger partial charge in [0.15, 0.2) is 0 Å². The number of allylic oxidation sites excluding steroid dienone is 1. The van der Waals surface area contributed by atoms with Crippen LogP contribution in [0, 0.1) is 0 Å². The van der Waals surface area contributed by atoms with Gasteiger partial charge in [0.25, 0.3) is 10.1 Å². The first-order valence-corrected chi connectivity index (χ1v) is 23.8. The fourth-order valence-electron chi connectivity index (χ4n) is 6.45. The first-order chi connectivity index (χ1) is 25.0. The molecule has 0 radical (unpaired) electrons. The molecule has 0 fully saturated rings. The lowest BCUT2D eigenvalue weighted by molar-refractivity contribution is 0.478. The van der Waals surface area contributed by atoms with Crippen LogP contribution in [0.1, 0.15) is 96.3 Å². The van der Waals surface area contributed by atoms with Gasteiger partial charge in [-0.25, -0.2) is 0 Å². The highest BCUT2D eigenvalue weighted by molar-refractivity contribution is 7.85. The summed E-state index contributed by atoms with van der Waals surface area (Å²) in [5.74, 6) is -0.0982. The number of rotatable bonds is 26. The topological polar surface area (TPSA) is 57.6 Å². The summed E-state index contributed by atoms with van der Waals surface area (Å²) in [4.78, 5) is 2.63. The van der Waals surface area contributed by atoms with Gasteiger partial charge in [0.1, 0.15) is 0 Å². The maximum absolute atomic E-state index is 10.8. The van der Waals surface area contributed by atoms with Crippen LogP contribution in [0.2, 0.25) is 0 Å². The van der Waals surface area contributed by atoms with E-state index in [0.717, 1.165) is 31.8 Å². The Morgan fingerprint density at radius 2 is 0.745 bits per heavy atom. The molecule has 0 spiro atoms. The van der Waals surface area contributed by atoms with Crippen molar-refractivity contribution in [3.05, 3.63) is 134 Å². The van der Waals surface area contributed by atoms with Gasteiger partial charge in [0, 0.05) is 12.6 Å². The summed E-state index contributed by atoms with van der Waals surface area (Å²) in [6.45, 7) is 0. The van der Waals surface area contributed by atoms with Crippen molar-refractivity contribution < 1.29 is 13.0 Å². The molecule has 7 heteroatoms. The normalized spacial score (nSPS) is 11.9. The summed E-state index contributed by atoms with van der Waals surface area (Å²) in [6, 6.07) is 44.4. The van der Waals surface area contributed by atoms with Crippen LogP contribution in [0.4, 0.5) is 0 Å². The van der Waals surface area contributed by atoms with Crippen LogP contribution in [0.15, 0.2) is 134 Å². The molecular weight excluding hydrogens is 685 g/mol. The smallest absolute Gasteiger partial charge is 0.264 e. The van der Waals surface area contributed by atoms with Crippen molar-refractivity contribution in [2.75, 3.05) is 18.3 Å². The number of benzene rings is 4. The van der Waals surface area contributed by atoms with Gasteiger partial charge < -0.3 is 4.90 Å². The van der Waals surface area contributed by atoms with Gasteiger partial charge in [-0.3, -0.25) is 4.55 Å². The zero-order chi connectivity index (χ0) is 35.8. The molecule has 4 aromatic carbocycles. The first kappa shape index (κ1) is 41.0. The second kappa shape index (κ2) is 24.4. The highest BCUT2D eigenvalue weighted by Crippen LogP contribution is 2.39. The Balaban J connectivity index is 1.24. The van der Waals surface area contributed by atoms with Crippen LogP contribution >= 0.6 is 15.8 Å². The number of hydrogen-bond donors (Lipinski definition) is 1. The molecule has 4 nitrogen and oxygen atoms in total. The molecule has 0 aliphatic carbocycles. The highest BCUT2D eigenvalue weighted by Gasteiger charge is 2.21. The fourth-order valence-corrected chi connectivity index (χ4v) is 11.7. The van der Waals surface area contributed by atoms with Crippen molar-refractivity contribution in [2.45, 2.75) is 96.3 Å². The van der Waals surface area contributed by atoms with Crippen LogP contribution in [0.3, 0.4) is 0 Å². The van der Waals surface area contributed by atoms with Crippen LogP contribution < -0.4 is 21.2 Å². The average molecular weight is 744 g/mol. The summed E-state index contributed by atoms with van der Waals surface area (Å²) in [6.07, 6.45) is 24.7. The standard InChI is InChI=1S/C44H59NO3P2S/c46-51(47,48)38-28-14-12-10-8-6-4-2-1-3-5-7-9-11-13-27-37-45(39-49(41-29-19-15-20-30-41)42-31-21-16-22-32-42)40-50(43-33-23-17-24-34-43)44-35-25-18-26-36-44/h15-27,29-37H,1-14,28,38-40H2,(H,46,47,48). The van der Waals surface area contributed by atoms with Crippen LogP contribution in [-0.2, 0) is 10.1 Å². The minimum absolute atomic E-state index is 0.0982. The molecule has 4 aromatic rings. The molecule has 274 valence electrons. The molecular formula is C44H59NO3P2S. The Morgan fingerprint density at radius 3 is 1.06 bits per heavy atom. The Morgan fingerprint density at radius 1 is 0.451 bits per heavy atom. The lowest BCUT2D eigenvalue weighted by atomic mass is 10.0. The van der Waals surface area contributed by atoms with Crippen molar-refractivity contribution in [3.8, 4) is 0 Å². The zero-order valence-corrected chi connectivity index (χ0v) is 33.0. The van der Waals surface area contributed by atoms with E-state index in [1.807, 2.05) is 0 Å². The van der Waals surface area contributed by atoms with E-state index in [0.29, 0.717) is 6.42 Å². The Bertz CT molecular complexity index is 1420. The summed E-state index contributed by atoms with van der Waals surface area (Å²) >= 11 is 0. The molecule has 0 heterocycles. The molecule has 0 atom stereocenters. The lowest BCUT2D eigenvalue weighted by Gasteiger charge is -2.31. The van der Waals surface area contributed by atoms with Gasteiger partial charge in [-0.1, -0.05) is 204 Å². The third-order valence-corrected chi connectivity index (χ3v) is 15.0. The molecule has 0 bridgehead atoms. The van der Waals surface area contributed by atoms with Crippen LogP contribution in [0.5, 0.6) is 0 Å². The van der Waals surface area contributed by atoms with Gasteiger partial charge in [-0.05, 0) is 62.5 Å². The third-order valence-electron chi connectivity index (χ3n) is 9.26. The minimum atomic E-state index is -3.79. The molecule has 0 aliphatic heterocycles. The SMILES string of the molecule is O=S(=O)(O)CCCCCCCCCCCCCCCCC=CN(CP(c1ccccc1)c1ccccc1)CP(c1ccccc1)c1ccccc1. The van der Waals surface area contributed by atoms with E-state index in [1.54, 1.807) is 0 Å². The van der Waals surface area contributed by atoms with Gasteiger partial charge in [0.2, 0.25) is 0 Å². The van der Waals surface area contributed by atoms with E-state index in [1.165, 1.54) is 91.8 Å². The second-order valence-corrected chi connectivity index (χ2v) is 19.4. The lowest BCUT2D eigenvalue weighted by Crippen LogP contribution is -2.28. The van der Waals surface area contributed by atoms with E-state index in [-0.39, 0.29) is 5.75 Å². The third kappa shape index (κ3) is 17.0. The summed E-state index contributed by atoms with van der Waals surface area (Å²) in [7, 11) is -4.89. The van der Waals surface area contributed by atoms with Gasteiger partial charge in [-0.2, -0.15) is 8.42 Å². The largest absolute Gasteiger partial charge is 0.368 e. The molecule has 0 saturated carbocycles.